The zero-order chi connectivity index (χ0) is 24.5. The minimum atomic E-state index is 0.346. The fourth-order valence-electron chi connectivity index (χ4n) is 5.46. The van der Waals surface area contributed by atoms with Crippen molar-refractivity contribution in [1.82, 2.24) is 19.7 Å². The monoisotopic (exact) mass is 475 g/mol. The molecule has 5 rings (SSSR count). The van der Waals surface area contributed by atoms with Gasteiger partial charge in [0.25, 0.3) is 0 Å². The van der Waals surface area contributed by atoms with Crippen LogP contribution in [-0.4, -0.2) is 66.1 Å². The van der Waals surface area contributed by atoms with Crippen molar-refractivity contribution in [3.05, 3.63) is 53.9 Å². The van der Waals surface area contributed by atoms with Crippen molar-refractivity contribution in [2.75, 3.05) is 45.3 Å². The topological polar surface area (TPSA) is 55.7 Å². The molecule has 2 aliphatic rings. The molecule has 7 nitrogen and oxygen atoms in total. The van der Waals surface area contributed by atoms with E-state index < -0.39 is 0 Å². The number of rotatable bonds is 6. The maximum Gasteiger partial charge on any atom is 0.181 e. The lowest BCUT2D eigenvalue weighted by Crippen LogP contribution is -2.48. The third kappa shape index (κ3) is 4.74. The minimum Gasteiger partial charge on any atom is -0.493 e. The average molecular weight is 476 g/mol. The molecular weight excluding hydrogens is 438 g/mol. The highest BCUT2D eigenvalue weighted by atomic mass is 16.5. The van der Waals surface area contributed by atoms with Crippen LogP contribution in [0.15, 0.2) is 42.5 Å². The summed E-state index contributed by atoms with van der Waals surface area (Å²) in [7, 11) is 3.29. The molecule has 0 N–H and O–H groups in total. The zero-order valence-corrected chi connectivity index (χ0v) is 21.6. The lowest BCUT2D eigenvalue weighted by molar-refractivity contribution is 0.209. The third-order valence-corrected chi connectivity index (χ3v) is 7.59. The molecule has 186 valence electrons. The highest BCUT2D eigenvalue weighted by Gasteiger charge is 2.29. The number of hydrogen-bond donors (Lipinski definition) is 0. The Morgan fingerprint density at radius 2 is 1.63 bits per heavy atom. The van der Waals surface area contributed by atoms with Gasteiger partial charge in [0, 0.05) is 61.9 Å². The first-order valence-corrected chi connectivity index (χ1v) is 12.7. The maximum atomic E-state index is 5.47. The molecule has 2 atom stereocenters. The van der Waals surface area contributed by atoms with E-state index in [2.05, 4.69) is 59.5 Å². The van der Waals surface area contributed by atoms with Crippen molar-refractivity contribution >= 4 is 5.69 Å². The first-order valence-electron chi connectivity index (χ1n) is 12.7. The zero-order valence-electron chi connectivity index (χ0n) is 21.6. The second-order valence-electron chi connectivity index (χ2n) is 10.1. The second kappa shape index (κ2) is 9.90. The Labute approximate surface area is 208 Å². The standard InChI is InChI=1S/C28H37N5O2/c1-19(2)31-12-14-32(15-13-31)24-9-6-21(7-10-24)23-16-20(3)28-29-27(30-33(28)18-23)22-8-11-25(34-4)26(17-22)35-5/h6-11,17,19-20,23H,12-16,18H2,1-5H3. The van der Waals surface area contributed by atoms with Gasteiger partial charge in [-0.25, -0.2) is 9.67 Å². The van der Waals surface area contributed by atoms with Crippen molar-refractivity contribution in [1.29, 1.82) is 0 Å². The molecule has 1 fully saturated rings. The maximum absolute atomic E-state index is 5.47. The average Bonchev–Trinajstić information content (AvgIpc) is 3.33. The van der Waals surface area contributed by atoms with Gasteiger partial charge in [-0.05, 0) is 56.2 Å². The molecule has 0 saturated carbocycles. The van der Waals surface area contributed by atoms with E-state index in [1.807, 2.05) is 18.2 Å². The van der Waals surface area contributed by atoms with Gasteiger partial charge in [0.1, 0.15) is 5.82 Å². The first-order chi connectivity index (χ1) is 17.0. The van der Waals surface area contributed by atoms with Crippen molar-refractivity contribution in [3.63, 3.8) is 0 Å². The summed E-state index contributed by atoms with van der Waals surface area (Å²) < 4.78 is 12.9. The number of hydrogen-bond acceptors (Lipinski definition) is 6. The van der Waals surface area contributed by atoms with Gasteiger partial charge in [-0.2, -0.15) is 5.10 Å². The number of fused-ring (bicyclic) bond motifs is 1. The van der Waals surface area contributed by atoms with Gasteiger partial charge < -0.3 is 14.4 Å². The van der Waals surface area contributed by atoms with Gasteiger partial charge in [0.05, 0.1) is 14.2 Å². The Balaban J connectivity index is 1.30. The van der Waals surface area contributed by atoms with E-state index in [-0.39, 0.29) is 0 Å². The van der Waals surface area contributed by atoms with Crippen LogP contribution in [0.25, 0.3) is 11.4 Å². The molecule has 0 spiro atoms. The highest BCUT2D eigenvalue weighted by Crippen LogP contribution is 2.38. The van der Waals surface area contributed by atoms with E-state index >= 15 is 0 Å². The van der Waals surface area contributed by atoms with E-state index in [0.717, 1.165) is 56.4 Å². The van der Waals surface area contributed by atoms with Crippen molar-refractivity contribution in [2.45, 2.75) is 51.6 Å². The summed E-state index contributed by atoms with van der Waals surface area (Å²) >= 11 is 0. The number of aromatic nitrogens is 3. The fraction of sp³-hybridized carbons (Fsp3) is 0.500. The van der Waals surface area contributed by atoms with Crippen LogP contribution in [0, 0.1) is 0 Å². The van der Waals surface area contributed by atoms with Crippen LogP contribution in [0.5, 0.6) is 11.5 Å². The molecule has 3 aromatic rings. The summed E-state index contributed by atoms with van der Waals surface area (Å²) in [6.45, 7) is 12.1. The van der Waals surface area contributed by atoms with E-state index in [1.54, 1.807) is 14.2 Å². The van der Waals surface area contributed by atoms with Gasteiger partial charge in [0.2, 0.25) is 0 Å². The number of piperazine rings is 1. The van der Waals surface area contributed by atoms with Gasteiger partial charge in [-0.3, -0.25) is 4.90 Å². The normalized spacial score (nSPS) is 20.7. The van der Waals surface area contributed by atoms with Gasteiger partial charge in [-0.15, -0.1) is 0 Å². The summed E-state index contributed by atoms with van der Waals surface area (Å²) in [5, 5.41) is 4.89. The van der Waals surface area contributed by atoms with E-state index in [4.69, 9.17) is 19.6 Å². The Kier molecular flexibility index (Phi) is 6.69. The molecule has 0 radical (unpaired) electrons. The second-order valence-corrected chi connectivity index (χ2v) is 10.1. The number of nitrogens with zero attached hydrogens (tertiary/aromatic N) is 5. The molecule has 0 bridgehead atoms. The van der Waals surface area contributed by atoms with Crippen LogP contribution in [0.1, 0.15) is 50.4 Å². The SMILES string of the molecule is COc1ccc(-c2nc3n(n2)CC(c2ccc(N4CCN(C(C)C)CC4)cc2)CC3C)cc1OC. The lowest BCUT2D eigenvalue weighted by Gasteiger charge is -2.38. The molecule has 3 heterocycles. The molecule has 1 saturated heterocycles. The molecular formula is C28H37N5O2. The molecule has 35 heavy (non-hydrogen) atoms. The quantitative estimate of drug-likeness (QED) is 0.511. The molecule has 0 aliphatic carbocycles. The summed E-state index contributed by atoms with van der Waals surface area (Å²) in [5.74, 6) is 3.98. The Morgan fingerprint density at radius 1 is 0.914 bits per heavy atom. The Morgan fingerprint density at radius 3 is 2.29 bits per heavy atom. The lowest BCUT2D eigenvalue weighted by atomic mass is 9.86. The molecule has 0 amide bonds. The van der Waals surface area contributed by atoms with Crippen molar-refractivity contribution in [3.8, 4) is 22.9 Å². The van der Waals surface area contributed by atoms with Gasteiger partial charge >= 0.3 is 0 Å². The molecule has 2 unspecified atom stereocenters. The fourth-order valence-corrected chi connectivity index (χ4v) is 5.46. The largest absolute Gasteiger partial charge is 0.493 e. The van der Waals surface area contributed by atoms with Crippen LogP contribution in [-0.2, 0) is 6.54 Å². The van der Waals surface area contributed by atoms with Crippen LogP contribution in [0.2, 0.25) is 0 Å². The number of anilines is 1. The Hall–Kier alpha value is -3.06. The van der Waals surface area contributed by atoms with Crippen LogP contribution in [0.4, 0.5) is 5.69 Å². The highest BCUT2D eigenvalue weighted by molar-refractivity contribution is 5.61. The summed E-state index contributed by atoms with van der Waals surface area (Å²) in [6, 6.07) is 15.7. The van der Waals surface area contributed by atoms with E-state index in [1.165, 1.54) is 11.3 Å². The predicted octanol–water partition coefficient (Wildman–Crippen LogP) is 4.78. The Bertz CT molecular complexity index is 1150. The van der Waals surface area contributed by atoms with Crippen molar-refractivity contribution < 1.29 is 9.47 Å². The first kappa shape index (κ1) is 23.7. The predicted molar refractivity (Wildman–Crippen MR) is 140 cm³/mol. The summed E-state index contributed by atoms with van der Waals surface area (Å²) in [5.41, 5.74) is 3.66. The van der Waals surface area contributed by atoms with Crippen LogP contribution >= 0.6 is 0 Å². The van der Waals surface area contributed by atoms with E-state index in [0.29, 0.717) is 29.4 Å². The van der Waals surface area contributed by atoms with Crippen LogP contribution < -0.4 is 14.4 Å². The number of methoxy groups -OCH3 is 2. The smallest absolute Gasteiger partial charge is 0.181 e. The molecule has 2 aromatic carbocycles. The third-order valence-electron chi connectivity index (χ3n) is 7.59. The summed E-state index contributed by atoms with van der Waals surface area (Å²) in [6.07, 6.45) is 1.08. The van der Waals surface area contributed by atoms with Gasteiger partial charge in [0.15, 0.2) is 17.3 Å². The van der Waals surface area contributed by atoms with Crippen molar-refractivity contribution in [2.24, 2.45) is 0 Å². The van der Waals surface area contributed by atoms with Crippen LogP contribution in [0.3, 0.4) is 0 Å². The number of benzene rings is 2. The van der Waals surface area contributed by atoms with E-state index in [9.17, 15) is 0 Å². The number of ether oxygens (including phenoxy) is 2. The molecule has 2 aliphatic heterocycles. The van der Waals surface area contributed by atoms with Gasteiger partial charge in [-0.1, -0.05) is 19.1 Å². The molecule has 1 aromatic heterocycles. The summed E-state index contributed by atoms with van der Waals surface area (Å²) in [4.78, 5) is 9.97. The minimum absolute atomic E-state index is 0.346. The molecule has 7 heteroatoms.